The van der Waals surface area contributed by atoms with E-state index in [1.54, 1.807) is 34.5 Å². The Kier molecular flexibility index (Phi) is 4.41. The van der Waals surface area contributed by atoms with Crippen molar-refractivity contribution in [1.29, 1.82) is 0 Å². The van der Waals surface area contributed by atoms with Crippen molar-refractivity contribution in [3.63, 3.8) is 0 Å². The lowest BCUT2D eigenvalue weighted by atomic mass is 10.0. The van der Waals surface area contributed by atoms with E-state index < -0.39 is 10.0 Å². The molecule has 1 aromatic heterocycles. The number of nitrogens with one attached hydrogen (secondary N) is 1. The summed E-state index contributed by atoms with van der Waals surface area (Å²) in [5, 5.41) is 1.73. The highest BCUT2D eigenvalue weighted by atomic mass is 32.2. The quantitative estimate of drug-likeness (QED) is 0.920. The van der Waals surface area contributed by atoms with Crippen LogP contribution in [-0.2, 0) is 21.2 Å². The molecule has 0 spiro atoms. The van der Waals surface area contributed by atoms with E-state index in [-0.39, 0.29) is 10.1 Å². The number of anilines is 2. The second-order valence-electron chi connectivity index (χ2n) is 5.38. The Bertz CT molecular complexity index is 814. The number of sulfonamides is 1. The minimum atomic E-state index is -3.57. The number of carbonyl (C=O) groups is 1. The zero-order valence-corrected chi connectivity index (χ0v) is 14.4. The van der Waals surface area contributed by atoms with Gasteiger partial charge >= 0.3 is 0 Å². The second kappa shape index (κ2) is 6.33. The fourth-order valence-corrected chi connectivity index (χ4v) is 4.75. The van der Waals surface area contributed by atoms with Gasteiger partial charge in [0.1, 0.15) is 4.21 Å². The minimum absolute atomic E-state index is 0.0595. The van der Waals surface area contributed by atoms with Crippen LogP contribution in [0, 0.1) is 0 Å². The van der Waals surface area contributed by atoms with Crippen molar-refractivity contribution in [3.05, 3.63) is 41.3 Å². The van der Waals surface area contributed by atoms with Gasteiger partial charge in [0.15, 0.2) is 0 Å². The van der Waals surface area contributed by atoms with E-state index in [1.807, 2.05) is 13.0 Å². The number of nitrogens with zero attached hydrogens (tertiary/aromatic N) is 1. The zero-order chi connectivity index (χ0) is 16.4. The van der Waals surface area contributed by atoms with Gasteiger partial charge < -0.3 is 4.90 Å². The predicted molar refractivity (Wildman–Crippen MR) is 92.5 cm³/mol. The largest absolute Gasteiger partial charge is 0.312 e. The van der Waals surface area contributed by atoms with Crippen molar-refractivity contribution in [2.75, 3.05) is 16.2 Å². The standard InChI is InChI=1S/C16H18N2O3S2/c1-2-15(19)18-9-3-5-12-7-8-13(11-14(12)18)17-23(20,21)16-6-4-10-22-16/h4,6-8,10-11,17H,2-3,5,9H2,1H3. The summed E-state index contributed by atoms with van der Waals surface area (Å²) in [4.78, 5) is 13.9. The van der Waals surface area contributed by atoms with Gasteiger partial charge in [0.05, 0.1) is 5.69 Å². The number of thiophene rings is 1. The lowest BCUT2D eigenvalue weighted by Gasteiger charge is -2.29. The molecule has 1 aliphatic heterocycles. The van der Waals surface area contributed by atoms with Gasteiger partial charge in [-0.15, -0.1) is 11.3 Å². The molecule has 2 heterocycles. The molecule has 2 aromatic rings. The van der Waals surface area contributed by atoms with Crippen LogP contribution in [0.25, 0.3) is 0 Å². The van der Waals surface area contributed by atoms with Gasteiger partial charge in [-0.1, -0.05) is 19.1 Å². The Morgan fingerprint density at radius 2 is 2.17 bits per heavy atom. The maximum atomic E-state index is 12.3. The first-order valence-corrected chi connectivity index (χ1v) is 9.87. The third kappa shape index (κ3) is 3.25. The molecule has 0 saturated carbocycles. The van der Waals surface area contributed by atoms with Crippen LogP contribution >= 0.6 is 11.3 Å². The van der Waals surface area contributed by atoms with Crippen molar-refractivity contribution in [3.8, 4) is 0 Å². The number of amides is 1. The minimum Gasteiger partial charge on any atom is -0.312 e. The first kappa shape index (κ1) is 16.0. The summed E-state index contributed by atoms with van der Waals surface area (Å²) in [6.45, 7) is 2.51. The van der Waals surface area contributed by atoms with E-state index in [1.165, 1.54) is 11.3 Å². The summed E-state index contributed by atoms with van der Waals surface area (Å²) in [5.74, 6) is 0.0595. The number of benzene rings is 1. The van der Waals surface area contributed by atoms with Gasteiger partial charge in [-0.25, -0.2) is 8.42 Å². The molecule has 0 saturated heterocycles. The van der Waals surface area contributed by atoms with Crippen LogP contribution in [-0.4, -0.2) is 20.9 Å². The third-order valence-electron chi connectivity index (χ3n) is 3.82. The topological polar surface area (TPSA) is 66.5 Å². The first-order valence-electron chi connectivity index (χ1n) is 7.51. The van der Waals surface area contributed by atoms with Crippen molar-refractivity contribution >= 4 is 38.6 Å². The van der Waals surface area contributed by atoms with Crippen molar-refractivity contribution in [2.45, 2.75) is 30.4 Å². The Hall–Kier alpha value is -1.86. The summed E-state index contributed by atoms with van der Waals surface area (Å²) < 4.78 is 27.5. The monoisotopic (exact) mass is 350 g/mol. The molecule has 3 rings (SSSR count). The van der Waals surface area contributed by atoms with Crippen LogP contribution in [0.15, 0.2) is 39.9 Å². The molecular weight excluding hydrogens is 332 g/mol. The van der Waals surface area contributed by atoms with Crippen LogP contribution < -0.4 is 9.62 Å². The number of carbonyl (C=O) groups excluding carboxylic acids is 1. The molecule has 0 aliphatic carbocycles. The third-order valence-corrected chi connectivity index (χ3v) is 6.60. The fraction of sp³-hybridized carbons (Fsp3) is 0.312. The zero-order valence-electron chi connectivity index (χ0n) is 12.8. The van der Waals surface area contributed by atoms with Crippen LogP contribution in [0.2, 0.25) is 0 Å². The molecule has 1 aromatic carbocycles. The Labute approximate surface area is 140 Å². The molecule has 7 heteroatoms. The van der Waals surface area contributed by atoms with E-state index in [0.29, 0.717) is 18.7 Å². The van der Waals surface area contributed by atoms with Gasteiger partial charge in [-0.05, 0) is 42.0 Å². The predicted octanol–water partition coefficient (Wildman–Crippen LogP) is 3.24. The fourth-order valence-electron chi connectivity index (χ4n) is 2.71. The molecule has 0 atom stereocenters. The molecule has 0 unspecified atom stereocenters. The molecule has 1 N–H and O–H groups in total. The highest BCUT2D eigenvalue weighted by Crippen LogP contribution is 2.31. The van der Waals surface area contributed by atoms with Gasteiger partial charge in [-0.2, -0.15) is 0 Å². The second-order valence-corrected chi connectivity index (χ2v) is 8.24. The Morgan fingerprint density at radius 1 is 1.35 bits per heavy atom. The van der Waals surface area contributed by atoms with E-state index >= 15 is 0 Å². The molecule has 0 fully saturated rings. The number of hydrogen-bond acceptors (Lipinski definition) is 4. The number of aryl methyl sites for hydroxylation is 1. The smallest absolute Gasteiger partial charge is 0.271 e. The maximum Gasteiger partial charge on any atom is 0.271 e. The van der Waals surface area contributed by atoms with Crippen molar-refractivity contribution < 1.29 is 13.2 Å². The van der Waals surface area contributed by atoms with Gasteiger partial charge in [0.25, 0.3) is 10.0 Å². The molecule has 0 radical (unpaired) electrons. The van der Waals surface area contributed by atoms with E-state index in [4.69, 9.17) is 0 Å². The molecule has 122 valence electrons. The van der Waals surface area contributed by atoms with Crippen LogP contribution in [0.4, 0.5) is 11.4 Å². The molecule has 1 aliphatic rings. The van der Waals surface area contributed by atoms with Gasteiger partial charge in [0.2, 0.25) is 5.91 Å². The average molecular weight is 350 g/mol. The average Bonchev–Trinajstić information content (AvgIpc) is 3.08. The van der Waals surface area contributed by atoms with Crippen molar-refractivity contribution in [1.82, 2.24) is 0 Å². The highest BCUT2D eigenvalue weighted by molar-refractivity contribution is 7.94. The van der Waals surface area contributed by atoms with Gasteiger partial charge in [-0.3, -0.25) is 9.52 Å². The van der Waals surface area contributed by atoms with E-state index in [2.05, 4.69) is 4.72 Å². The molecule has 0 bridgehead atoms. The van der Waals surface area contributed by atoms with Crippen LogP contribution in [0.5, 0.6) is 0 Å². The molecular formula is C16H18N2O3S2. The Balaban J connectivity index is 1.92. The lowest BCUT2D eigenvalue weighted by Crippen LogP contribution is -2.35. The normalized spacial score (nSPS) is 14.4. The SMILES string of the molecule is CCC(=O)N1CCCc2ccc(NS(=O)(=O)c3cccs3)cc21. The summed E-state index contributed by atoms with van der Waals surface area (Å²) in [6.07, 6.45) is 2.27. The molecule has 5 nitrogen and oxygen atoms in total. The van der Waals surface area contributed by atoms with E-state index in [9.17, 15) is 13.2 Å². The summed E-state index contributed by atoms with van der Waals surface area (Å²) in [6, 6.07) is 8.68. The summed E-state index contributed by atoms with van der Waals surface area (Å²) in [7, 11) is -3.57. The van der Waals surface area contributed by atoms with E-state index in [0.717, 1.165) is 24.1 Å². The number of hydrogen-bond donors (Lipinski definition) is 1. The maximum absolute atomic E-state index is 12.3. The van der Waals surface area contributed by atoms with Crippen molar-refractivity contribution in [2.24, 2.45) is 0 Å². The molecule has 1 amide bonds. The molecule has 23 heavy (non-hydrogen) atoms. The Morgan fingerprint density at radius 3 is 2.87 bits per heavy atom. The summed E-state index contributed by atoms with van der Waals surface area (Å²) in [5.41, 5.74) is 2.37. The number of fused-ring (bicyclic) bond motifs is 1. The highest BCUT2D eigenvalue weighted by Gasteiger charge is 2.23. The van der Waals surface area contributed by atoms with Gasteiger partial charge in [0, 0.05) is 18.7 Å². The van der Waals surface area contributed by atoms with Crippen LogP contribution in [0.3, 0.4) is 0 Å². The van der Waals surface area contributed by atoms with Crippen LogP contribution in [0.1, 0.15) is 25.3 Å². The first-order chi connectivity index (χ1) is 11.0. The number of rotatable bonds is 4. The summed E-state index contributed by atoms with van der Waals surface area (Å²) >= 11 is 1.17. The lowest BCUT2D eigenvalue weighted by molar-refractivity contribution is -0.118.